The predicted octanol–water partition coefficient (Wildman–Crippen LogP) is 1.93. The highest BCUT2D eigenvalue weighted by Gasteiger charge is 2.10. The molecule has 1 heterocycles. The number of carbonyl (C=O) groups is 1. The van der Waals surface area contributed by atoms with Crippen LogP contribution in [-0.4, -0.2) is 28.6 Å². The summed E-state index contributed by atoms with van der Waals surface area (Å²) in [4.78, 5) is 15.9. The lowest BCUT2D eigenvalue weighted by Gasteiger charge is -2.13. The molecular weight excluding hydrogens is 240 g/mol. The summed E-state index contributed by atoms with van der Waals surface area (Å²) in [5, 5.41) is 11.9. The number of rotatable bonds is 5. The second-order valence-corrected chi connectivity index (χ2v) is 4.45. The molecule has 4 nitrogen and oxygen atoms in total. The Morgan fingerprint density at radius 3 is 2.88 bits per heavy atom. The van der Waals surface area contributed by atoms with Gasteiger partial charge in [0.2, 0.25) is 0 Å². The van der Waals surface area contributed by atoms with E-state index in [1.165, 1.54) is 0 Å². The van der Waals surface area contributed by atoms with Crippen molar-refractivity contribution in [2.45, 2.75) is 32.7 Å². The van der Waals surface area contributed by atoms with Gasteiger partial charge in [-0.1, -0.05) is 11.6 Å². The van der Waals surface area contributed by atoms with E-state index in [1.54, 1.807) is 19.1 Å². The van der Waals surface area contributed by atoms with Gasteiger partial charge in [-0.15, -0.1) is 0 Å². The molecule has 0 radical (unpaired) electrons. The highest BCUT2D eigenvalue weighted by Crippen LogP contribution is 2.10. The lowest BCUT2D eigenvalue weighted by molar-refractivity contribution is 0.0936. The highest BCUT2D eigenvalue weighted by molar-refractivity contribution is 6.29. The number of amides is 1. The van der Waals surface area contributed by atoms with Crippen LogP contribution in [0.3, 0.4) is 0 Å². The molecule has 1 atom stereocenters. The van der Waals surface area contributed by atoms with E-state index >= 15 is 0 Å². The topological polar surface area (TPSA) is 62.2 Å². The molecular formula is C12H17ClN2O2. The number of nitrogens with zero attached hydrogens (tertiary/aromatic N) is 1. The van der Waals surface area contributed by atoms with Crippen LogP contribution in [0.4, 0.5) is 0 Å². The molecule has 2 N–H and O–H groups in total. The number of pyridine rings is 1. The molecule has 0 fully saturated rings. The molecule has 1 rings (SSSR count). The Morgan fingerprint density at radius 1 is 1.59 bits per heavy atom. The summed E-state index contributed by atoms with van der Waals surface area (Å²) in [7, 11) is 0. The predicted molar refractivity (Wildman–Crippen MR) is 67.2 cm³/mol. The van der Waals surface area contributed by atoms with Gasteiger partial charge in [0, 0.05) is 23.9 Å². The van der Waals surface area contributed by atoms with Crippen molar-refractivity contribution in [3.63, 3.8) is 0 Å². The second-order valence-electron chi connectivity index (χ2n) is 4.06. The van der Waals surface area contributed by atoms with Gasteiger partial charge in [-0.3, -0.25) is 4.79 Å². The first-order chi connectivity index (χ1) is 8.02. The largest absolute Gasteiger partial charge is 0.396 e. The number of nitrogens with one attached hydrogen (secondary N) is 1. The minimum atomic E-state index is -0.164. The van der Waals surface area contributed by atoms with Crippen molar-refractivity contribution in [3.8, 4) is 0 Å². The summed E-state index contributed by atoms with van der Waals surface area (Å²) in [6.07, 6.45) is 1.43. The van der Waals surface area contributed by atoms with Gasteiger partial charge in [-0.2, -0.15) is 0 Å². The lowest BCUT2D eigenvalue weighted by atomic mass is 10.1. The maximum absolute atomic E-state index is 11.9. The molecule has 0 aliphatic carbocycles. The number of aromatic nitrogens is 1. The minimum Gasteiger partial charge on any atom is -0.396 e. The third-order valence-electron chi connectivity index (χ3n) is 2.36. The third-order valence-corrected chi connectivity index (χ3v) is 2.55. The Bertz CT molecular complexity index is 376. The quantitative estimate of drug-likeness (QED) is 0.792. The zero-order chi connectivity index (χ0) is 12.8. The van der Waals surface area contributed by atoms with Crippen molar-refractivity contribution in [2.75, 3.05) is 6.61 Å². The first-order valence-electron chi connectivity index (χ1n) is 5.59. The molecule has 0 aromatic carbocycles. The normalized spacial score (nSPS) is 12.2. The molecule has 0 aliphatic heterocycles. The van der Waals surface area contributed by atoms with Crippen LogP contribution >= 0.6 is 11.6 Å². The monoisotopic (exact) mass is 256 g/mol. The first kappa shape index (κ1) is 13.9. The van der Waals surface area contributed by atoms with Crippen LogP contribution in [0.2, 0.25) is 5.15 Å². The number of aryl methyl sites for hydroxylation is 1. The van der Waals surface area contributed by atoms with Gasteiger partial charge in [0.1, 0.15) is 5.15 Å². The molecule has 17 heavy (non-hydrogen) atoms. The second kappa shape index (κ2) is 6.57. The molecule has 0 saturated carbocycles. The fraction of sp³-hybridized carbons (Fsp3) is 0.500. The van der Waals surface area contributed by atoms with E-state index < -0.39 is 0 Å². The average Bonchev–Trinajstić information content (AvgIpc) is 2.25. The van der Waals surface area contributed by atoms with Crippen LogP contribution < -0.4 is 5.32 Å². The number of hydrogen-bond acceptors (Lipinski definition) is 3. The summed E-state index contributed by atoms with van der Waals surface area (Å²) in [6, 6.07) is 3.27. The SMILES string of the molecule is Cc1cc(C(=O)NC(C)CCCO)cc(Cl)n1. The van der Waals surface area contributed by atoms with Crippen molar-refractivity contribution in [3.05, 3.63) is 28.5 Å². The standard InChI is InChI=1S/C12H17ClN2O2/c1-8(4-3-5-16)15-12(17)10-6-9(2)14-11(13)7-10/h6-8,16H,3-5H2,1-2H3,(H,15,17). The van der Waals surface area contributed by atoms with E-state index in [0.717, 1.165) is 6.42 Å². The Morgan fingerprint density at radius 2 is 2.29 bits per heavy atom. The van der Waals surface area contributed by atoms with E-state index in [2.05, 4.69) is 10.3 Å². The summed E-state index contributed by atoms with van der Waals surface area (Å²) in [6.45, 7) is 3.83. The van der Waals surface area contributed by atoms with E-state index in [-0.39, 0.29) is 18.6 Å². The van der Waals surface area contributed by atoms with Crippen molar-refractivity contribution in [1.82, 2.24) is 10.3 Å². The van der Waals surface area contributed by atoms with Gasteiger partial charge in [0.15, 0.2) is 0 Å². The zero-order valence-electron chi connectivity index (χ0n) is 10.0. The summed E-state index contributed by atoms with van der Waals surface area (Å²) in [5.41, 5.74) is 1.23. The smallest absolute Gasteiger partial charge is 0.251 e. The van der Waals surface area contributed by atoms with Crippen LogP contribution in [0.25, 0.3) is 0 Å². The highest BCUT2D eigenvalue weighted by atomic mass is 35.5. The molecule has 0 bridgehead atoms. The summed E-state index contributed by atoms with van der Waals surface area (Å²) in [5.74, 6) is -0.164. The van der Waals surface area contributed by atoms with Crippen molar-refractivity contribution < 1.29 is 9.90 Å². The van der Waals surface area contributed by atoms with E-state index in [0.29, 0.717) is 22.8 Å². The van der Waals surface area contributed by atoms with Crippen molar-refractivity contribution in [2.24, 2.45) is 0 Å². The zero-order valence-corrected chi connectivity index (χ0v) is 10.8. The van der Waals surface area contributed by atoms with Crippen LogP contribution in [0, 0.1) is 6.92 Å². The Hall–Kier alpha value is -1.13. The summed E-state index contributed by atoms with van der Waals surface area (Å²) >= 11 is 5.79. The van der Waals surface area contributed by atoms with Gasteiger partial charge in [0.05, 0.1) is 0 Å². The number of aliphatic hydroxyl groups excluding tert-OH is 1. The Labute approximate surface area is 106 Å². The Kier molecular flexibility index (Phi) is 5.38. The van der Waals surface area contributed by atoms with Crippen molar-refractivity contribution in [1.29, 1.82) is 0 Å². The van der Waals surface area contributed by atoms with Gasteiger partial charge in [0.25, 0.3) is 5.91 Å². The van der Waals surface area contributed by atoms with E-state index in [1.807, 2.05) is 6.92 Å². The molecule has 1 aromatic rings. The van der Waals surface area contributed by atoms with Crippen LogP contribution in [0.5, 0.6) is 0 Å². The van der Waals surface area contributed by atoms with Crippen LogP contribution in [0.15, 0.2) is 12.1 Å². The minimum absolute atomic E-state index is 0.0295. The molecule has 1 unspecified atom stereocenters. The fourth-order valence-corrected chi connectivity index (χ4v) is 1.79. The molecule has 0 aliphatic rings. The number of hydrogen-bond donors (Lipinski definition) is 2. The molecule has 1 amide bonds. The average molecular weight is 257 g/mol. The summed E-state index contributed by atoms with van der Waals surface area (Å²) < 4.78 is 0. The first-order valence-corrected chi connectivity index (χ1v) is 5.96. The lowest BCUT2D eigenvalue weighted by Crippen LogP contribution is -2.32. The van der Waals surface area contributed by atoms with Crippen molar-refractivity contribution >= 4 is 17.5 Å². The van der Waals surface area contributed by atoms with E-state index in [9.17, 15) is 4.79 Å². The molecule has 5 heteroatoms. The molecule has 0 spiro atoms. The maximum atomic E-state index is 11.9. The third kappa shape index (κ3) is 4.71. The maximum Gasteiger partial charge on any atom is 0.251 e. The molecule has 1 aromatic heterocycles. The van der Waals surface area contributed by atoms with Crippen LogP contribution in [-0.2, 0) is 0 Å². The van der Waals surface area contributed by atoms with Crippen LogP contribution in [0.1, 0.15) is 35.8 Å². The number of aliphatic hydroxyl groups is 1. The van der Waals surface area contributed by atoms with Gasteiger partial charge < -0.3 is 10.4 Å². The number of halogens is 1. The fourth-order valence-electron chi connectivity index (χ4n) is 1.54. The van der Waals surface area contributed by atoms with E-state index in [4.69, 9.17) is 16.7 Å². The van der Waals surface area contributed by atoms with Gasteiger partial charge in [-0.05, 0) is 38.8 Å². The Balaban J connectivity index is 2.63. The molecule has 0 saturated heterocycles. The molecule has 94 valence electrons. The number of carbonyl (C=O) groups excluding carboxylic acids is 1. The van der Waals surface area contributed by atoms with Gasteiger partial charge in [-0.25, -0.2) is 4.98 Å². The van der Waals surface area contributed by atoms with Gasteiger partial charge >= 0.3 is 0 Å².